The fourth-order valence-corrected chi connectivity index (χ4v) is 4.73. The van der Waals surface area contributed by atoms with Gasteiger partial charge in [-0.2, -0.15) is 0 Å². The van der Waals surface area contributed by atoms with Crippen molar-refractivity contribution in [3.05, 3.63) is 35.4 Å². The Labute approximate surface area is 122 Å². The molecule has 1 aliphatic heterocycles. The molecule has 2 nitrogen and oxygen atoms in total. The van der Waals surface area contributed by atoms with Crippen molar-refractivity contribution in [2.75, 3.05) is 6.54 Å². The molecule has 0 spiro atoms. The summed E-state index contributed by atoms with van der Waals surface area (Å²) >= 11 is 0. The third kappa shape index (κ3) is 2.40. The summed E-state index contributed by atoms with van der Waals surface area (Å²) in [5.41, 5.74) is 3.14. The monoisotopic (exact) mass is 270 g/mol. The van der Waals surface area contributed by atoms with Crippen molar-refractivity contribution in [3.8, 4) is 0 Å². The van der Waals surface area contributed by atoms with Gasteiger partial charge in [-0.1, -0.05) is 30.7 Å². The average molecular weight is 270 g/mol. The summed E-state index contributed by atoms with van der Waals surface area (Å²) in [6.45, 7) is 1.24. The first-order valence-electron chi connectivity index (χ1n) is 8.46. The fraction of sp³-hybridized carbons (Fsp3) is 0.667. The van der Waals surface area contributed by atoms with E-state index in [9.17, 15) is 0 Å². The van der Waals surface area contributed by atoms with E-state index in [0.717, 1.165) is 18.0 Å². The third-order valence-electron chi connectivity index (χ3n) is 5.69. The molecular formula is C18H26N2. The van der Waals surface area contributed by atoms with Crippen molar-refractivity contribution >= 4 is 0 Å². The Morgan fingerprint density at radius 1 is 0.950 bits per heavy atom. The lowest BCUT2D eigenvalue weighted by Crippen LogP contribution is -2.46. The predicted molar refractivity (Wildman–Crippen MR) is 82.9 cm³/mol. The van der Waals surface area contributed by atoms with Crippen LogP contribution in [0.25, 0.3) is 0 Å². The standard InChI is InChI=1S/C18H26N2/c1-2-6-14-12-15(11-13(14)5-1)20-18-8-3-7-16(18)17-9-4-10-19-17/h1-2,5-6,15-20H,3-4,7-12H2. The first-order valence-corrected chi connectivity index (χ1v) is 8.46. The van der Waals surface area contributed by atoms with Gasteiger partial charge in [-0.3, -0.25) is 0 Å². The Kier molecular flexibility index (Phi) is 3.53. The van der Waals surface area contributed by atoms with E-state index in [2.05, 4.69) is 34.9 Å². The van der Waals surface area contributed by atoms with Crippen molar-refractivity contribution < 1.29 is 0 Å². The van der Waals surface area contributed by atoms with Gasteiger partial charge in [0.15, 0.2) is 0 Å². The van der Waals surface area contributed by atoms with Gasteiger partial charge < -0.3 is 10.6 Å². The SMILES string of the molecule is c1ccc2c(c1)CC(NC1CCCC1C1CCCN1)C2. The molecule has 2 heteroatoms. The normalized spacial score (nSPS) is 33.7. The Bertz CT molecular complexity index is 439. The molecule has 2 fully saturated rings. The summed E-state index contributed by atoms with van der Waals surface area (Å²) in [7, 11) is 0. The Hall–Kier alpha value is -0.860. The largest absolute Gasteiger partial charge is 0.314 e. The van der Waals surface area contributed by atoms with Gasteiger partial charge in [-0.25, -0.2) is 0 Å². The average Bonchev–Trinajstić information content (AvgIpc) is 3.18. The van der Waals surface area contributed by atoms with Crippen molar-refractivity contribution in [2.45, 2.75) is 63.1 Å². The van der Waals surface area contributed by atoms with Gasteiger partial charge in [0, 0.05) is 18.1 Å². The maximum absolute atomic E-state index is 4.01. The first kappa shape index (κ1) is 12.8. The van der Waals surface area contributed by atoms with E-state index in [1.54, 1.807) is 11.1 Å². The molecular weight excluding hydrogens is 244 g/mol. The van der Waals surface area contributed by atoms with Gasteiger partial charge in [-0.15, -0.1) is 0 Å². The summed E-state index contributed by atoms with van der Waals surface area (Å²) in [6.07, 6.45) is 9.47. The minimum absolute atomic E-state index is 0.680. The molecule has 1 aromatic carbocycles. The second-order valence-corrected chi connectivity index (χ2v) is 6.94. The summed E-state index contributed by atoms with van der Waals surface area (Å²) in [4.78, 5) is 0. The van der Waals surface area contributed by atoms with Crippen molar-refractivity contribution in [1.29, 1.82) is 0 Å². The molecule has 1 saturated carbocycles. The molecule has 3 atom stereocenters. The molecule has 2 aliphatic carbocycles. The van der Waals surface area contributed by atoms with Gasteiger partial charge in [0.05, 0.1) is 0 Å². The molecule has 108 valence electrons. The van der Waals surface area contributed by atoms with Crippen LogP contribution in [0.15, 0.2) is 24.3 Å². The lowest BCUT2D eigenvalue weighted by Gasteiger charge is -2.29. The maximum Gasteiger partial charge on any atom is 0.0151 e. The molecule has 1 aromatic rings. The van der Waals surface area contributed by atoms with Crippen LogP contribution in [0.4, 0.5) is 0 Å². The minimum atomic E-state index is 0.680. The highest BCUT2D eigenvalue weighted by molar-refractivity contribution is 5.33. The second kappa shape index (κ2) is 5.50. The number of hydrogen-bond donors (Lipinski definition) is 2. The quantitative estimate of drug-likeness (QED) is 0.882. The summed E-state index contributed by atoms with van der Waals surface area (Å²) < 4.78 is 0. The number of nitrogens with one attached hydrogen (secondary N) is 2. The van der Waals surface area contributed by atoms with Crippen LogP contribution < -0.4 is 10.6 Å². The molecule has 0 radical (unpaired) electrons. The van der Waals surface area contributed by atoms with Gasteiger partial charge in [-0.05, 0) is 62.1 Å². The Morgan fingerprint density at radius 2 is 1.75 bits per heavy atom. The number of rotatable bonds is 3. The van der Waals surface area contributed by atoms with Crippen molar-refractivity contribution in [2.24, 2.45) is 5.92 Å². The minimum Gasteiger partial charge on any atom is -0.314 e. The van der Waals surface area contributed by atoms with Crippen LogP contribution in [-0.2, 0) is 12.8 Å². The molecule has 0 aromatic heterocycles. The van der Waals surface area contributed by atoms with E-state index < -0.39 is 0 Å². The Balaban J connectivity index is 1.39. The number of benzene rings is 1. The van der Waals surface area contributed by atoms with E-state index in [-0.39, 0.29) is 0 Å². The molecule has 3 unspecified atom stereocenters. The summed E-state index contributed by atoms with van der Waals surface area (Å²) in [5.74, 6) is 0.876. The van der Waals surface area contributed by atoms with Gasteiger partial charge in [0.1, 0.15) is 0 Å². The third-order valence-corrected chi connectivity index (χ3v) is 5.69. The van der Waals surface area contributed by atoms with Crippen molar-refractivity contribution in [1.82, 2.24) is 10.6 Å². The molecule has 3 aliphatic rings. The summed E-state index contributed by atoms with van der Waals surface area (Å²) in [6, 6.07) is 11.2. The van der Waals surface area contributed by atoms with Gasteiger partial charge in [0.25, 0.3) is 0 Å². The molecule has 20 heavy (non-hydrogen) atoms. The van der Waals surface area contributed by atoms with Crippen LogP contribution in [0.5, 0.6) is 0 Å². The number of fused-ring (bicyclic) bond motifs is 1. The highest BCUT2D eigenvalue weighted by Gasteiger charge is 2.36. The van der Waals surface area contributed by atoms with E-state index in [1.165, 1.54) is 51.5 Å². The van der Waals surface area contributed by atoms with Crippen LogP contribution in [0.3, 0.4) is 0 Å². The van der Waals surface area contributed by atoms with Crippen LogP contribution in [0, 0.1) is 5.92 Å². The first-order chi connectivity index (χ1) is 9.90. The molecule has 0 amide bonds. The zero-order chi connectivity index (χ0) is 13.4. The lowest BCUT2D eigenvalue weighted by molar-refractivity contribution is 0.299. The zero-order valence-corrected chi connectivity index (χ0v) is 12.3. The van der Waals surface area contributed by atoms with Crippen LogP contribution in [-0.4, -0.2) is 24.7 Å². The molecule has 2 N–H and O–H groups in total. The second-order valence-electron chi connectivity index (χ2n) is 6.94. The predicted octanol–water partition coefficient (Wildman–Crippen LogP) is 2.66. The maximum atomic E-state index is 4.01. The smallest absolute Gasteiger partial charge is 0.0151 e. The topological polar surface area (TPSA) is 24.1 Å². The highest BCUT2D eigenvalue weighted by atomic mass is 15.0. The Morgan fingerprint density at radius 3 is 2.45 bits per heavy atom. The van der Waals surface area contributed by atoms with Crippen LogP contribution >= 0.6 is 0 Å². The lowest BCUT2D eigenvalue weighted by atomic mass is 9.92. The molecule has 1 heterocycles. The molecule has 0 bridgehead atoms. The van der Waals surface area contributed by atoms with E-state index in [4.69, 9.17) is 0 Å². The highest BCUT2D eigenvalue weighted by Crippen LogP contribution is 2.33. The van der Waals surface area contributed by atoms with Crippen LogP contribution in [0.1, 0.15) is 43.2 Å². The number of hydrogen-bond acceptors (Lipinski definition) is 2. The van der Waals surface area contributed by atoms with Gasteiger partial charge >= 0.3 is 0 Å². The van der Waals surface area contributed by atoms with Crippen molar-refractivity contribution in [3.63, 3.8) is 0 Å². The van der Waals surface area contributed by atoms with E-state index in [1.807, 2.05) is 0 Å². The fourth-order valence-electron chi connectivity index (χ4n) is 4.73. The molecule has 4 rings (SSSR count). The summed E-state index contributed by atoms with van der Waals surface area (Å²) in [5, 5.41) is 7.74. The van der Waals surface area contributed by atoms with E-state index in [0.29, 0.717) is 6.04 Å². The molecule has 1 saturated heterocycles. The zero-order valence-electron chi connectivity index (χ0n) is 12.3. The van der Waals surface area contributed by atoms with Crippen LogP contribution in [0.2, 0.25) is 0 Å². The van der Waals surface area contributed by atoms with E-state index >= 15 is 0 Å². The van der Waals surface area contributed by atoms with Gasteiger partial charge in [0.2, 0.25) is 0 Å².